The smallest absolute Gasteiger partial charge is 0.00262 e. The maximum atomic E-state index is 2.36. The number of hydrogen-bond donors (Lipinski definition) is 0. The van der Waals surface area contributed by atoms with Crippen molar-refractivity contribution < 1.29 is 0 Å². The lowest BCUT2D eigenvalue weighted by Crippen LogP contribution is -1.91. The van der Waals surface area contributed by atoms with E-state index in [4.69, 9.17) is 0 Å². The number of hydrogen-bond acceptors (Lipinski definition) is 0. The number of fused-ring (bicyclic) bond motifs is 4. The summed E-state index contributed by atoms with van der Waals surface area (Å²) in [5.74, 6) is 0. The molecule has 9 rings (SSSR count). The molecule has 9 aromatic rings. The summed E-state index contributed by atoms with van der Waals surface area (Å²) in [7, 11) is 0. The first-order valence-corrected chi connectivity index (χ1v) is 15.9. The zero-order valence-electron chi connectivity index (χ0n) is 25.3. The fourth-order valence-electron chi connectivity index (χ4n) is 7.20. The van der Waals surface area contributed by atoms with E-state index in [9.17, 15) is 0 Å². The molecule has 0 aliphatic heterocycles. The van der Waals surface area contributed by atoms with Gasteiger partial charge < -0.3 is 0 Å². The summed E-state index contributed by atoms with van der Waals surface area (Å²) < 4.78 is 0. The van der Waals surface area contributed by atoms with Crippen LogP contribution in [0.15, 0.2) is 182 Å². The Kier molecular flexibility index (Phi) is 6.25. The summed E-state index contributed by atoms with van der Waals surface area (Å²) in [6, 6.07) is 66.6. The fourth-order valence-corrected chi connectivity index (χ4v) is 7.20. The van der Waals surface area contributed by atoms with E-state index in [1.165, 1.54) is 87.6 Å². The Bertz CT molecular complexity index is 2350. The third-order valence-corrected chi connectivity index (χ3v) is 9.40. The van der Waals surface area contributed by atoms with E-state index in [0.29, 0.717) is 0 Å². The molecule has 214 valence electrons. The molecule has 0 aromatic heterocycles. The monoisotopic (exact) mass is 582 g/mol. The largest absolute Gasteiger partial charge is 0.0616 e. The van der Waals surface area contributed by atoms with Crippen LogP contribution in [0.25, 0.3) is 87.6 Å². The normalized spacial score (nSPS) is 11.5. The van der Waals surface area contributed by atoms with E-state index in [-0.39, 0.29) is 0 Å². The van der Waals surface area contributed by atoms with Crippen LogP contribution in [0, 0.1) is 0 Å². The molecule has 0 saturated carbocycles. The van der Waals surface area contributed by atoms with Gasteiger partial charge in [0.1, 0.15) is 0 Å². The predicted molar refractivity (Wildman–Crippen MR) is 198 cm³/mol. The van der Waals surface area contributed by atoms with Crippen molar-refractivity contribution in [2.45, 2.75) is 0 Å². The topological polar surface area (TPSA) is 0 Å². The van der Waals surface area contributed by atoms with Crippen molar-refractivity contribution in [3.63, 3.8) is 0 Å². The molecule has 0 nitrogen and oxygen atoms in total. The first-order chi connectivity index (χ1) is 22.8. The average Bonchev–Trinajstić information content (AvgIpc) is 3.13. The number of rotatable bonds is 4. The fraction of sp³-hybridized carbons (Fsp3) is 0. The van der Waals surface area contributed by atoms with Gasteiger partial charge >= 0.3 is 0 Å². The van der Waals surface area contributed by atoms with Gasteiger partial charge in [-0.15, -0.1) is 0 Å². The molecule has 0 saturated heterocycles. The SMILES string of the molecule is c1cc(-c2ccc3ccccc3c2)cc(-c2c3ccccc3c(-c3cccc(-c4ccc5ccccc5c4)c3)c3ccccc23)c1. The Labute approximate surface area is 268 Å². The molecule has 0 fully saturated rings. The van der Waals surface area contributed by atoms with Crippen molar-refractivity contribution >= 4 is 43.1 Å². The zero-order chi connectivity index (χ0) is 30.5. The van der Waals surface area contributed by atoms with Crippen molar-refractivity contribution in [2.75, 3.05) is 0 Å². The zero-order valence-corrected chi connectivity index (χ0v) is 25.3. The lowest BCUT2D eigenvalue weighted by Gasteiger charge is -2.18. The van der Waals surface area contributed by atoms with Gasteiger partial charge in [0.2, 0.25) is 0 Å². The van der Waals surface area contributed by atoms with Gasteiger partial charge in [-0.3, -0.25) is 0 Å². The molecule has 0 aliphatic carbocycles. The molecule has 0 amide bonds. The van der Waals surface area contributed by atoms with Gasteiger partial charge in [0.15, 0.2) is 0 Å². The van der Waals surface area contributed by atoms with Crippen LogP contribution in [0.1, 0.15) is 0 Å². The summed E-state index contributed by atoms with van der Waals surface area (Å²) in [5.41, 5.74) is 9.94. The summed E-state index contributed by atoms with van der Waals surface area (Å²) in [4.78, 5) is 0. The highest BCUT2D eigenvalue weighted by Gasteiger charge is 2.17. The van der Waals surface area contributed by atoms with E-state index >= 15 is 0 Å². The standard InChI is InChI=1S/C46H30/c1-3-13-33-27-37(25-23-31(33)11-1)35-15-9-17-39(29-35)45-41-19-5-7-21-43(41)46(44-22-8-6-20-42(44)45)40-18-10-16-36(30-40)38-26-24-32-12-2-4-14-34(32)28-38/h1-30H. The molecule has 0 aliphatic rings. The summed E-state index contributed by atoms with van der Waals surface area (Å²) >= 11 is 0. The third-order valence-electron chi connectivity index (χ3n) is 9.40. The van der Waals surface area contributed by atoms with Gasteiger partial charge in [-0.1, -0.05) is 158 Å². The minimum atomic E-state index is 1.23. The lowest BCUT2D eigenvalue weighted by atomic mass is 9.85. The van der Waals surface area contributed by atoms with Gasteiger partial charge in [-0.05, 0) is 112 Å². The molecule has 46 heavy (non-hydrogen) atoms. The predicted octanol–water partition coefficient (Wildman–Crippen LogP) is 13.0. The molecule has 0 heteroatoms. The minimum absolute atomic E-state index is 1.23. The third kappa shape index (κ3) is 4.47. The van der Waals surface area contributed by atoms with Crippen molar-refractivity contribution in [3.8, 4) is 44.5 Å². The summed E-state index contributed by atoms with van der Waals surface area (Å²) in [5, 5.41) is 10.1. The highest BCUT2D eigenvalue weighted by Crippen LogP contribution is 2.45. The second kappa shape index (κ2) is 10.9. The highest BCUT2D eigenvalue weighted by molar-refractivity contribution is 6.21. The van der Waals surface area contributed by atoms with Crippen LogP contribution in [0.3, 0.4) is 0 Å². The van der Waals surface area contributed by atoms with Gasteiger partial charge in [0.25, 0.3) is 0 Å². The molecule has 0 atom stereocenters. The maximum Gasteiger partial charge on any atom is -0.00262 e. The second-order valence-electron chi connectivity index (χ2n) is 12.1. The molecule has 0 bridgehead atoms. The van der Waals surface area contributed by atoms with Crippen LogP contribution >= 0.6 is 0 Å². The molecule has 9 aromatic carbocycles. The average molecular weight is 583 g/mol. The molecule has 0 unspecified atom stereocenters. The first kappa shape index (κ1) is 26.4. The van der Waals surface area contributed by atoms with Gasteiger partial charge in [-0.25, -0.2) is 0 Å². The molecule has 0 N–H and O–H groups in total. The van der Waals surface area contributed by atoms with E-state index in [0.717, 1.165) is 0 Å². The Balaban J connectivity index is 1.24. The van der Waals surface area contributed by atoms with E-state index < -0.39 is 0 Å². The first-order valence-electron chi connectivity index (χ1n) is 15.9. The lowest BCUT2D eigenvalue weighted by molar-refractivity contribution is 1.62. The maximum absolute atomic E-state index is 2.36. The van der Waals surface area contributed by atoms with Crippen LogP contribution in [0.5, 0.6) is 0 Å². The van der Waals surface area contributed by atoms with Crippen molar-refractivity contribution in [1.29, 1.82) is 0 Å². The molecular weight excluding hydrogens is 553 g/mol. The van der Waals surface area contributed by atoms with Crippen LogP contribution in [-0.2, 0) is 0 Å². The van der Waals surface area contributed by atoms with E-state index in [2.05, 4.69) is 182 Å². The summed E-state index contributed by atoms with van der Waals surface area (Å²) in [6.45, 7) is 0. The molecule has 0 spiro atoms. The van der Waals surface area contributed by atoms with Crippen LogP contribution in [0.2, 0.25) is 0 Å². The van der Waals surface area contributed by atoms with Gasteiger partial charge in [-0.2, -0.15) is 0 Å². The Morgan fingerprint density at radius 3 is 0.935 bits per heavy atom. The minimum Gasteiger partial charge on any atom is -0.0616 e. The quantitative estimate of drug-likeness (QED) is 0.181. The van der Waals surface area contributed by atoms with Gasteiger partial charge in [0, 0.05) is 0 Å². The molecule has 0 radical (unpaired) electrons. The Morgan fingerprint density at radius 2 is 0.522 bits per heavy atom. The molecular formula is C46H30. The van der Waals surface area contributed by atoms with E-state index in [1.807, 2.05) is 0 Å². The van der Waals surface area contributed by atoms with Crippen LogP contribution in [-0.4, -0.2) is 0 Å². The van der Waals surface area contributed by atoms with Crippen LogP contribution in [0.4, 0.5) is 0 Å². The highest BCUT2D eigenvalue weighted by atomic mass is 14.2. The summed E-state index contributed by atoms with van der Waals surface area (Å²) in [6.07, 6.45) is 0. The Hall–Kier alpha value is -5.98. The van der Waals surface area contributed by atoms with Crippen molar-refractivity contribution in [2.24, 2.45) is 0 Å². The van der Waals surface area contributed by atoms with Crippen molar-refractivity contribution in [1.82, 2.24) is 0 Å². The van der Waals surface area contributed by atoms with Crippen molar-refractivity contribution in [3.05, 3.63) is 182 Å². The second-order valence-corrected chi connectivity index (χ2v) is 12.1. The van der Waals surface area contributed by atoms with E-state index in [1.54, 1.807) is 0 Å². The number of benzene rings is 9. The van der Waals surface area contributed by atoms with Crippen LogP contribution < -0.4 is 0 Å². The molecule has 0 heterocycles. The van der Waals surface area contributed by atoms with Gasteiger partial charge in [0.05, 0.1) is 0 Å². The Morgan fingerprint density at radius 1 is 0.196 bits per heavy atom.